The molecule has 12 heteroatoms. The Morgan fingerprint density at radius 3 is 1.62 bits per heavy atom. The minimum atomic E-state index is -10.0. The highest BCUT2D eigenvalue weighted by atomic mass is 32.5. The summed E-state index contributed by atoms with van der Waals surface area (Å²) >= 11 is 0. The average Bonchev–Trinajstić information content (AvgIpc) is 2.33. The van der Waals surface area contributed by atoms with Crippen LogP contribution < -0.4 is 5.32 Å². The fraction of sp³-hybridized carbons (Fsp3) is 0.333. The maximum atomic E-state index is 13.4. The molecule has 0 atom stereocenters. The van der Waals surface area contributed by atoms with Gasteiger partial charge in [-0.1, -0.05) is 31.6 Å². The lowest BCUT2D eigenvalue weighted by Crippen LogP contribution is -2.54. The summed E-state index contributed by atoms with van der Waals surface area (Å²) in [6.45, 7) is 0. The first-order chi connectivity index (χ1) is 10.4. The molecule has 1 saturated heterocycles. The quantitative estimate of drug-likeness (QED) is 0.600. The van der Waals surface area contributed by atoms with Gasteiger partial charge in [0.25, 0.3) is 0 Å². The summed E-state index contributed by atoms with van der Waals surface area (Å²) in [4.78, 5) is 20.3. The molecule has 2 amide bonds. The van der Waals surface area contributed by atoms with E-state index in [2.05, 4.69) is 0 Å². The van der Waals surface area contributed by atoms with Crippen molar-refractivity contribution in [1.82, 2.24) is 5.32 Å². The number of amides is 2. The normalized spacial score (nSPS) is 21.7. The van der Waals surface area contributed by atoms with Crippen LogP contribution in [0.25, 0.3) is 0 Å². The Hall–Kier alpha value is -1.85. The second-order valence-electron chi connectivity index (χ2n) is 5.40. The van der Waals surface area contributed by atoms with Gasteiger partial charge in [0.15, 0.2) is 0 Å². The molecule has 1 N–H and O–H groups in total. The summed E-state index contributed by atoms with van der Waals surface area (Å²) in [6, 6.07) is 0.0714. The van der Waals surface area contributed by atoms with E-state index in [1.54, 1.807) is 5.32 Å². The Bertz CT molecular complexity index is 692. The van der Waals surface area contributed by atoms with Crippen LogP contribution >= 0.6 is 10.2 Å². The van der Waals surface area contributed by atoms with Crippen molar-refractivity contribution in [3.8, 4) is 0 Å². The fourth-order valence-corrected chi connectivity index (χ4v) is 3.10. The number of carbonyl (C=O) groups is 2. The van der Waals surface area contributed by atoms with Crippen molar-refractivity contribution in [3.63, 3.8) is 0 Å². The van der Waals surface area contributed by atoms with Gasteiger partial charge in [0.05, 0.1) is 0 Å². The molecule has 0 spiro atoms. The van der Waals surface area contributed by atoms with Crippen LogP contribution in [0.4, 0.5) is 32.6 Å². The third-order valence-corrected chi connectivity index (χ3v) is 4.76. The number of hydrogen-bond donors (Lipinski definition) is 1. The van der Waals surface area contributed by atoms with Gasteiger partial charge in [-0.2, -0.15) is 13.2 Å². The summed E-state index contributed by atoms with van der Waals surface area (Å²) in [7, 11) is -10.0. The minimum Gasteiger partial charge on any atom is -0.296 e. The van der Waals surface area contributed by atoms with Gasteiger partial charge in [-0.15, -0.1) is 0 Å². The van der Waals surface area contributed by atoms with Gasteiger partial charge in [-0.25, -0.2) is 0 Å². The van der Waals surface area contributed by atoms with Crippen LogP contribution in [0.15, 0.2) is 29.2 Å². The number of alkyl halides is 3. The van der Waals surface area contributed by atoms with Crippen molar-refractivity contribution in [2.45, 2.75) is 29.3 Å². The molecule has 3 nitrogen and oxygen atoms in total. The van der Waals surface area contributed by atoms with E-state index < -0.39 is 56.9 Å². The highest BCUT2D eigenvalue weighted by Gasteiger charge is 2.66. The maximum absolute atomic E-state index is 13.4. The summed E-state index contributed by atoms with van der Waals surface area (Å²) in [6.07, 6.45) is -7.63. The molecule has 1 heterocycles. The maximum Gasteiger partial charge on any atom is 0.399 e. The lowest BCUT2D eigenvalue weighted by atomic mass is 9.72. The van der Waals surface area contributed by atoms with E-state index in [0.29, 0.717) is 0 Å². The first-order valence-electron chi connectivity index (χ1n) is 6.19. The third-order valence-electron chi connectivity index (χ3n) is 3.60. The van der Waals surface area contributed by atoms with Crippen LogP contribution in [0.2, 0.25) is 0 Å². The van der Waals surface area contributed by atoms with Crippen molar-refractivity contribution in [2.75, 3.05) is 0 Å². The minimum absolute atomic E-state index is 0.179. The van der Waals surface area contributed by atoms with Crippen molar-refractivity contribution >= 4 is 22.0 Å². The molecule has 0 unspecified atom stereocenters. The second kappa shape index (κ2) is 4.41. The molecular weight excluding hydrogens is 374 g/mol. The molecule has 24 heavy (non-hydrogen) atoms. The first-order valence-corrected chi connectivity index (χ1v) is 8.14. The summed E-state index contributed by atoms with van der Waals surface area (Å²) in [5.74, 6) is -2.53. The topological polar surface area (TPSA) is 46.2 Å². The van der Waals surface area contributed by atoms with Crippen molar-refractivity contribution in [1.29, 1.82) is 0 Å². The SMILES string of the molecule is O=C1CC(c2ccc(S(F)(F)(F)(F)F)cc2)(C(F)(F)F)CC(=O)N1. The Kier molecular flexibility index (Phi) is 3.39. The van der Waals surface area contributed by atoms with Gasteiger partial charge in [0.1, 0.15) is 10.3 Å². The molecular formula is C12H9F8NO2S. The van der Waals surface area contributed by atoms with Gasteiger partial charge in [-0.3, -0.25) is 14.9 Å². The predicted molar refractivity (Wildman–Crippen MR) is 68.0 cm³/mol. The van der Waals surface area contributed by atoms with Crippen molar-refractivity contribution in [3.05, 3.63) is 29.8 Å². The van der Waals surface area contributed by atoms with Gasteiger partial charge in [0, 0.05) is 12.8 Å². The van der Waals surface area contributed by atoms with Crippen LogP contribution in [0, 0.1) is 0 Å². The number of piperidine rings is 1. The number of imide groups is 1. The average molecular weight is 383 g/mol. The molecule has 1 aliphatic rings. The van der Waals surface area contributed by atoms with Crippen LogP contribution in [0.1, 0.15) is 18.4 Å². The van der Waals surface area contributed by atoms with Gasteiger partial charge < -0.3 is 0 Å². The van der Waals surface area contributed by atoms with Crippen LogP contribution in [0.3, 0.4) is 0 Å². The number of hydrogen-bond acceptors (Lipinski definition) is 2. The molecule has 2 rings (SSSR count). The van der Waals surface area contributed by atoms with Crippen LogP contribution in [-0.2, 0) is 15.0 Å². The van der Waals surface area contributed by atoms with Crippen molar-refractivity contribution < 1.29 is 42.2 Å². The Labute approximate surface area is 129 Å². The number of halogens is 8. The standard InChI is InChI=1S/C12H9F8NO2S/c13-12(14,15)11(5-9(22)21-10(23)6-11)7-1-3-8(4-2-7)24(16,17,18,19)20/h1-4H,5-6H2,(H,21,22,23). The highest BCUT2D eigenvalue weighted by Crippen LogP contribution is 3.02. The number of benzene rings is 1. The van der Waals surface area contributed by atoms with Crippen LogP contribution in [-0.4, -0.2) is 18.0 Å². The van der Waals surface area contributed by atoms with E-state index in [9.17, 15) is 42.2 Å². The Balaban J connectivity index is 2.59. The van der Waals surface area contributed by atoms with E-state index in [1.807, 2.05) is 0 Å². The molecule has 0 saturated carbocycles. The number of carbonyl (C=O) groups excluding carboxylic acids is 2. The Morgan fingerprint density at radius 1 is 0.875 bits per heavy atom. The number of nitrogens with one attached hydrogen (secondary N) is 1. The molecule has 0 aromatic heterocycles. The summed E-state index contributed by atoms with van der Waals surface area (Å²) in [5.41, 5.74) is -3.94. The zero-order valence-electron chi connectivity index (χ0n) is 11.5. The zero-order chi connectivity index (χ0) is 18.7. The van der Waals surface area contributed by atoms with Gasteiger partial charge >= 0.3 is 16.4 Å². The molecule has 1 aromatic carbocycles. The fourth-order valence-electron chi connectivity index (χ4n) is 2.45. The monoisotopic (exact) mass is 383 g/mol. The summed E-state index contributed by atoms with van der Waals surface area (Å²) < 4.78 is 103. The van der Waals surface area contributed by atoms with E-state index in [0.717, 1.165) is 0 Å². The second-order valence-corrected chi connectivity index (χ2v) is 7.81. The van der Waals surface area contributed by atoms with Crippen molar-refractivity contribution in [2.24, 2.45) is 0 Å². The van der Waals surface area contributed by atoms with Gasteiger partial charge in [-0.05, 0) is 17.7 Å². The van der Waals surface area contributed by atoms with E-state index in [-0.39, 0.29) is 24.3 Å². The van der Waals surface area contributed by atoms with Gasteiger partial charge in [0.2, 0.25) is 11.8 Å². The highest BCUT2D eigenvalue weighted by molar-refractivity contribution is 8.45. The molecule has 1 fully saturated rings. The van der Waals surface area contributed by atoms with E-state index in [4.69, 9.17) is 0 Å². The largest absolute Gasteiger partial charge is 0.399 e. The molecule has 1 aliphatic heterocycles. The molecule has 0 bridgehead atoms. The summed E-state index contributed by atoms with van der Waals surface area (Å²) in [5, 5.41) is 1.65. The molecule has 0 aliphatic carbocycles. The lowest BCUT2D eigenvalue weighted by molar-refractivity contribution is -0.201. The lowest BCUT2D eigenvalue weighted by Gasteiger charge is -2.41. The molecule has 136 valence electrons. The molecule has 0 radical (unpaired) electrons. The zero-order valence-corrected chi connectivity index (χ0v) is 12.3. The smallest absolute Gasteiger partial charge is 0.296 e. The van der Waals surface area contributed by atoms with E-state index in [1.165, 1.54) is 0 Å². The third kappa shape index (κ3) is 3.32. The predicted octanol–water partition coefficient (Wildman–Crippen LogP) is 4.58. The van der Waals surface area contributed by atoms with Crippen LogP contribution in [0.5, 0.6) is 0 Å². The first kappa shape index (κ1) is 18.5. The van der Waals surface area contributed by atoms with E-state index >= 15 is 0 Å². The Morgan fingerprint density at radius 2 is 1.29 bits per heavy atom. The number of rotatable bonds is 2. The molecule has 1 aromatic rings.